The summed E-state index contributed by atoms with van der Waals surface area (Å²) in [7, 11) is 0. The quantitative estimate of drug-likeness (QED) is 0.173. The molecule has 10 heteroatoms. The summed E-state index contributed by atoms with van der Waals surface area (Å²) in [6, 6.07) is 13.3. The molecular formula is C34H34N4O5S. The minimum Gasteiger partial charge on any atom is -0.477 e. The number of rotatable bonds is 7. The van der Waals surface area contributed by atoms with Crippen molar-refractivity contribution in [2.45, 2.75) is 76.3 Å². The van der Waals surface area contributed by atoms with Crippen LogP contribution in [0.4, 0.5) is 5.69 Å². The molecule has 2 aliphatic carbocycles. The minimum atomic E-state index is -1.04. The van der Waals surface area contributed by atoms with Gasteiger partial charge in [-0.15, -0.1) is 11.3 Å². The monoisotopic (exact) mass is 610 g/mol. The van der Waals surface area contributed by atoms with Crippen molar-refractivity contribution in [3.05, 3.63) is 71.0 Å². The van der Waals surface area contributed by atoms with Gasteiger partial charge in [0.05, 0.1) is 22.9 Å². The Labute approximate surface area is 258 Å². The summed E-state index contributed by atoms with van der Waals surface area (Å²) in [6.07, 6.45) is 11.9. The molecule has 2 aromatic carbocycles. The minimum absolute atomic E-state index is 0.265. The number of thiophene rings is 1. The molecule has 0 atom stereocenters. The zero-order valence-corrected chi connectivity index (χ0v) is 25.3. The lowest BCUT2D eigenvalue weighted by Gasteiger charge is -2.29. The van der Waals surface area contributed by atoms with Crippen molar-refractivity contribution in [2.24, 2.45) is 0 Å². The number of amides is 2. The topological polar surface area (TPSA) is 126 Å². The lowest BCUT2D eigenvalue weighted by Crippen LogP contribution is -2.55. The highest BCUT2D eigenvalue weighted by molar-refractivity contribution is 7.21. The van der Waals surface area contributed by atoms with Crippen molar-refractivity contribution < 1.29 is 23.9 Å². The number of hydrogen-bond donors (Lipinski definition) is 3. The van der Waals surface area contributed by atoms with Gasteiger partial charge in [0.2, 0.25) is 5.91 Å². The summed E-state index contributed by atoms with van der Waals surface area (Å²) in [5, 5.41) is 16.4. The largest absolute Gasteiger partial charge is 0.477 e. The molecule has 0 bridgehead atoms. The Kier molecular flexibility index (Phi) is 7.24. The molecule has 0 unspecified atom stereocenters. The Morgan fingerprint density at radius 3 is 2.55 bits per heavy atom. The number of aromatic carboxylic acids is 1. The van der Waals surface area contributed by atoms with Gasteiger partial charge in [0.25, 0.3) is 5.91 Å². The molecule has 0 aliphatic heterocycles. The van der Waals surface area contributed by atoms with Crippen LogP contribution in [0.5, 0.6) is 0 Å². The van der Waals surface area contributed by atoms with Crippen LogP contribution in [0.15, 0.2) is 59.4 Å². The predicted molar refractivity (Wildman–Crippen MR) is 170 cm³/mol. The summed E-state index contributed by atoms with van der Waals surface area (Å²) < 4.78 is 8.53. The van der Waals surface area contributed by atoms with Gasteiger partial charge in [-0.1, -0.05) is 32.1 Å². The lowest BCUT2D eigenvalue weighted by molar-refractivity contribution is -0.122. The first-order chi connectivity index (χ1) is 21.3. The molecule has 2 saturated carbocycles. The van der Waals surface area contributed by atoms with E-state index < -0.39 is 11.5 Å². The predicted octanol–water partition coefficient (Wildman–Crippen LogP) is 7.70. The van der Waals surface area contributed by atoms with E-state index in [1.807, 2.05) is 36.4 Å². The molecule has 44 heavy (non-hydrogen) atoms. The fraction of sp³-hybridized carbons (Fsp3) is 0.353. The van der Waals surface area contributed by atoms with Crippen LogP contribution in [0.1, 0.15) is 89.4 Å². The molecule has 3 aromatic heterocycles. The van der Waals surface area contributed by atoms with E-state index >= 15 is 0 Å². The van der Waals surface area contributed by atoms with Crippen molar-refractivity contribution in [3.63, 3.8) is 0 Å². The number of imidazole rings is 1. The third kappa shape index (κ3) is 4.96. The third-order valence-corrected chi connectivity index (χ3v) is 10.6. The number of aryl methyl sites for hydroxylation is 1. The molecule has 7 rings (SSSR count). The molecule has 0 spiro atoms. The second-order valence-electron chi connectivity index (χ2n) is 12.1. The number of carbonyl (C=O) groups excluding carboxylic acids is 2. The molecule has 2 amide bonds. The van der Waals surface area contributed by atoms with Crippen LogP contribution in [0, 0.1) is 6.92 Å². The molecule has 2 fully saturated rings. The fourth-order valence-electron chi connectivity index (χ4n) is 6.97. The van der Waals surface area contributed by atoms with E-state index in [4.69, 9.17) is 9.40 Å². The van der Waals surface area contributed by atoms with E-state index in [1.165, 1.54) is 30.6 Å². The number of hydrogen-bond acceptors (Lipinski definition) is 6. The number of fused-ring (bicyclic) bond motifs is 2. The van der Waals surface area contributed by atoms with E-state index in [2.05, 4.69) is 15.2 Å². The second kappa shape index (κ2) is 11.2. The highest BCUT2D eigenvalue weighted by atomic mass is 32.1. The number of carboxylic acid groups (broad SMARTS) is 1. The number of nitrogens with zero attached hydrogens (tertiary/aromatic N) is 2. The first-order valence-electron chi connectivity index (χ1n) is 15.3. The average molecular weight is 611 g/mol. The van der Waals surface area contributed by atoms with Crippen LogP contribution in [-0.2, 0) is 4.79 Å². The molecule has 5 aromatic rings. The average Bonchev–Trinajstić information content (AvgIpc) is 3.84. The van der Waals surface area contributed by atoms with Crippen LogP contribution in [0.25, 0.3) is 32.5 Å². The van der Waals surface area contributed by atoms with E-state index in [9.17, 15) is 19.5 Å². The molecule has 3 heterocycles. The van der Waals surface area contributed by atoms with Crippen LogP contribution in [0.3, 0.4) is 0 Å². The van der Waals surface area contributed by atoms with Gasteiger partial charge in [0.1, 0.15) is 22.5 Å². The summed E-state index contributed by atoms with van der Waals surface area (Å²) in [6.45, 7) is 1.78. The summed E-state index contributed by atoms with van der Waals surface area (Å²) in [4.78, 5) is 44.3. The van der Waals surface area contributed by atoms with Crippen LogP contribution in [0.2, 0.25) is 0 Å². The van der Waals surface area contributed by atoms with E-state index in [-0.39, 0.29) is 11.8 Å². The Balaban J connectivity index is 1.16. The SMILES string of the molecule is Cc1c(C(=O)O)sc2ccc(NC(=O)C3(NC(=O)c4ccc5c(c4)nc(-c4ccoc4)n5C4CCCCC4)CCCC3)cc12. The third-order valence-electron chi connectivity index (χ3n) is 9.30. The number of carboxylic acids is 1. The van der Waals surface area contributed by atoms with Gasteiger partial charge in [0, 0.05) is 22.0 Å². The van der Waals surface area contributed by atoms with Gasteiger partial charge in [-0.3, -0.25) is 9.59 Å². The zero-order valence-electron chi connectivity index (χ0n) is 24.5. The number of benzene rings is 2. The second-order valence-corrected chi connectivity index (χ2v) is 13.1. The standard InChI is InChI=1S/C34H34N4O5S/c1-20-25-18-23(10-12-28(25)44-29(20)32(40)41)35-33(42)34(14-5-6-15-34)37-31(39)21-9-11-27-26(17-21)36-30(22-13-16-43-19-22)38(27)24-7-3-2-4-8-24/h9-13,16-19,24H,2-8,14-15H2,1H3,(H,35,42)(H,37,39)(H,40,41). The Hall–Kier alpha value is -4.44. The lowest BCUT2D eigenvalue weighted by atomic mass is 9.94. The van der Waals surface area contributed by atoms with E-state index in [1.54, 1.807) is 25.5 Å². The van der Waals surface area contributed by atoms with Crippen LogP contribution >= 0.6 is 11.3 Å². The number of furan rings is 1. The van der Waals surface area contributed by atoms with E-state index in [0.29, 0.717) is 40.6 Å². The Morgan fingerprint density at radius 2 is 1.82 bits per heavy atom. The van der Waals surface area contributed by atoms with Crippen LogP contribution < -0.4 is 10.6 Å². The maximum Gasteiger partial charge on any atom is 0.346 e. The first-order valence-corrected chi connectivity index (χ1v) is 16.1. The summed E-state index contributed by atoms with van der Waals surface area (Å²) in [5.74, 6) is -0.688. The van der Waals surface area contributed by atoms with Gasteiger partial charge < -0.3 is 24.7 Å². The number of nitrogens with one attached hydrogen (secondary N) is 2. The van der Waals surface area contributed by atoms with E-state index in [0.717, 1.165) is 58.2 Å². The Bertz CT molecular complexity index is 1890. The van der Waals surface area contributed by atoms with Crippen molar-refractivity contribution in [2.75, 3.05) is 5.32 Å². The van der Waals surface area contributed by atoms with Gasteiger partial charge in [0.15, 0.2) is 0 Å². The van der Waals surface area contributed by atoms with Gasteiger partial charge in [-0.05, 0) is 86.0 Å². The molecule has 226 valence electrons. The van der Waals surface area contributed by atoms with Crippen molar-refractivity contribution in [1.29, 1.82) is 0 Å². The van der Waals surface area contributed by atoms with Gasteiger partial charge in [-0.25, -0.2) is 9.78 Å². The number of carbonyl (C=O) groups is 3. The number of aromatic nitrogens is 2. The van der Waals surface area contributed by atoms with Gasteiger partial charge in [-0.2, -0.15) is 0 Å². The van der Waals surface area contributed by atoms with Gasteiger partial charge >= 0.3 is 5.97 Å². The highest BCUT2D eigenvalue weighted by Crippen LogP contribution is 2.37. The maximum absolute atomic E-state index is 13.8. The van der Waals surface area contributed by atoms with Crippen molar-refractivity contribution >= 4 is 55.9 Å². The zero-order chi connectivity index (χ0) is 30.4. The summed E-state index contributed by atoms with van der Waals surface area (Å²) in [5.41, 5.74) is 3.31. The highest BCUT2D eigenvalue weighted by Gasteiger charge is 2.43. The smallest absolute Gasteiger partial charge is 0.346 e. The number of anilines is 1. The summed E-state index contributed by atoms with van der Waals surface area (Å²) >= 11 is 1.22. The van der Waals surface area contributed by atoms with Crippen LogP contribution in [-0.4, -0.2) is 38.0 Å². The first kappa shape index (κ1) is 28.3. The Morgan fingerprint density at radius 1 is 1.02 bits per heavy atom. The normalized spacial score (nSPS) is 16.8. The van der Waals surface area contributed by atoms with Crippen molar-refractivity contribution in [3.8, 4) is 11.4 Å². The molecular weight excluding hydrogens is 576 g/mol. The fourth-order valence-corrected chi connectivity index (χ4v) is 8.00. The molecule has 3 N–H and O–H groups in total. The van der Waals surface area contributed by atoms with Crippen molar-refractivity contribution in [1.82, 2.24) is 14.9 Å². The molecule has 9 nitrogen and oxygen atoms in total. The molecule has 2 aliphatic rings. The maximum atomic E-state index is 13.8. The molecule has 0 radical (unpaired) electrons. The molecule has 0 saturated heterocycles.